The van der Waals surface area contributed by atoms with E-state index in [-0.39, 0.29) is 17.9 Å². The summed E-state index contributed by atoms with van der Waals surface area (Å²) >= 11 is 0. The summed E-state index contributed by atoms with van der Waals surface area (Å²) in [6.45, 7) is 7.65. The average molecular weight is 375 g/mol. The van der Waals surface area contributed by atoms with Gasteiger partial charge in [-0.15, -0.1) is 0 Å². The zero-order chi connectivity index (χ0) is 19.4. The number of aromatic nitrogens is 2. The Morgan fingerprint density at radius 3 is 2.85 bits per heavy atom. The third-order valence-electron chi connectivity index (χ3n) is 6.27. The Morgan fingerprint density at radius 2 is 2.19 bits per heavy atom. The average Bonchev–Trinajstić information content (AvgIpc) is 3.18. The predicted molar refractivity (Wildman–Crippen MR) is 106 cm³/mol. The molecule has 0 saturated carbocycles. The van der Waals surface area contributed by atoms with Crippen LogP contribution in [0.25, 0.3) is 0 Å². The van der Waals surface area contributed by atoms with Crippen molar-refractivity contribution in [1.29, 1.82) is 0 Å². The van der Waals surface area contributed by atoms with Crippen LogP contribution in [0.15, 0.2) is 24.0 Å². The second kappa shape index (κ2) is 9.02. The molecule has 0 bridgehead atoms. The number of ether oxygens (including phenoxy) is 1. The van der Waals surface area contributed by atoms with Gasteiger partial charge in [-0.1, -0.05) is 18.6 Å². The molecular weight excluding hydrogens is 340 g/mol. The predicted octanol–water partition coefficient (Wildman–Crippen LogP) is 2.54. The lowest BCUT2D eigenvalue weighted by atomic mass is 9.80. The van der Waals surface area contributed by atoms with Crippen LogP contribution in [0.4, 0.5) is 0 Å². The van der Waals surface area contributed by atoms with Gasteiger partial charge in [0.25, 0.3) is 0 Å². The monoisotopic (exact) mass is 374 g/mol. The number of hydrogen-bond acceptors (Lipinski definition) is 4. The minimum atomic E-state index is 0.0780. The van der Waals surface area contributed by atoms with Crippen LogP contribution in [-0.2, 0) is 16.6 Å². The highest BCUT2D eigenvalue weighted by Gasteiger charge is 2.40. The van der Waals surface area contributed by atoms with Crippen molar-refractivity contribution in [2.45, 2.75) is 39.2 Å². The molecule has 3 rings (SSSR count). The van der Waals surface area contributed by atoms with Crippen LogP contribution in [0.2, 0.25) is 0 Å². The summed E-state index contributed by atoms with van der Waals surface area (Å²) in [6, 6.07) is 0.0780. The maximum atomic E-state index is 12.7. The van der Waals surface area contributed by atoms with Crippen molar-refractivity contribution in [2.75, 3.05) is 33.4 Å². The van der Waals surface area contributed by atoms with E-state index in [1.54, 1.807) is 7.11 Å². The number of rotatable bonds is 8. The SMILES string of the molecule is COCCN1C(=O)C[C@@H](CNCC2C(C)=CCCC2C)[C@@H]1c1cnn(C)c1. The molecule has 1 aliphatic carbocycles. The van der Waals surface area contributed by atoms with Gasteiger partial charge in [-0.2, -0.15) is 5.10 Å². The second-order valence-electron chi connectivity index (χ2n) is 8.20. The summed E-state index contributed by atoms with van der Waals surface area (Å²) in [4.78, 5) is 14.6. The minimum Gasteiger partial charge on any atom is -0.383 e. The standard InChI is InChI=1S/C21H34N4O2/c1-15-6-5-7-16(2)19(15)13-22-11-17-10-20(26)25(8-9-27-4)21(17)18-12-23-24(3)14-18/h6,12,14,16-17,19,21-22H,5,7-11,13H2,1-4H3/t16?,17-,19?,21+/m0/s1. The molecule has 1 aliphatic heterocycles. The van der Waals surface area contributed by atoms with E-state index < -0.39 is 0 Å². The summed E-state index contributed by atoms with van der Waals surface area (Å²) in [5.74, 6) is 1.81. The number of carbonyl (C=O) groups excluding carboxylic acids is 1. The van der Waals surface area contributed by atoms with E-state index >= 15 is 0 Å². The number of hydrogen-bond donors (Lipinski definition) is 1. The highest BCUT2D eigenvalue weighted by Crippen LogP contribution is 2.37. The molecular formula is C21H34N4O2. The molecule has 2 heterocycles. The number of carbonyl (C=O) groups is 1. The molecule has 0 spiro atoms. The van der Waals surface area contributed by atoms with Gasteiger partial charge < -0.3 is 15.0 Å². The summed E-state index contributed by atoms with van der Waals surface area (Å²) in [6.07, 6.45) is 9.38. The molecule has 1 amide bonds. The number of likely N-dealkylation sites (tertiary alicyclic amines) is 1. The normalized spacial score (nSPS) is 28.7. The molecule has 2 unspecified atom stereocenters. The molecule has 150 valence electrons. The summed E-state index contributed by atoms with van der Waals surface area (Å²) < 4.78 is 7.04. The maximum absolute atomic E-state index is 12.7. The molecule has 27 heavy (non-hydrogen) atoms. The molecule has 1 aromatic heterocycles. The van der Waals surface area contributed by atoms with E-state index in [1.165, 1.54) is 18.4 Å². The van der Waals surface area contributed by atoms with E-state index in [0.29, 0.717) is 25.5 Å². The molecule has 1 aromatic rings. The molecule has 1 saturated heterocycles. The van der Waals surface area contributed by atoms with Crippen LogP contribution in [-0.4, -0.2) is 53.9 Å². The maximum Gasteiger partial charge on any atom is 0.223 e. The Hall–Kier alpha value is -1.66. The summed E-state index contributed by atoms with van der Waals surface area (Å²) in [5, 5.41) is 8.01. The molecule has 0 aromatic carbocycles. The van der Waals surface area contributed by atoms with Gasteiger partial charge in [0.2, 0.25) is 5.91 Å². The van der Waals surface area contributed by atoms with Crippen molar-refractivity contribution in [3.8, 4) is 0 Å². The van der Waals surface area contributed by atoms with Gasteiger partial charge in [0.1, 0.15) is 0 Å². The number of nitrogens with zero attached hydrogens (tertiary/aromatic N) is 3. The molecule has 6 nitrogen and oxygen atoms in total. The number of amides is 1. The smallest absolute Gasteiger partial charge is 0.223 e. The number of allylic oxidation sites excluding steroid dienone is 1. The zero-order valence-corrected chi connectivity index (χ0v) is 17.1. The topological polar surface area (TPSA) is 59.4 Å². The number of aryl methyl sites for hydroxylation is 1. The van der Waals surface area contributed by atoms with Gasteiger partial charge in [0, 0.05) is 57.9 Å². The number of methoxy groups -OCH3 is 1. The third-order valence-corrected chi connectivity index (χ3v) is 6.27. The first-order chi connectivity index (χ1) is 13.0. The van der Waals surface area contributed by atoms with Crippen molar-refractivity contribution in [3.63, 3.8) is 0 Å². The third kappa shape index (κ3) is 4.61. The van der Waals surface area contributed by atoms with Crippen LogP contribution < -0.4 is 5.32 Å². The lowest BCUT2D eigenvalue weighted by Crippen LogP contribution is -2.36. The van der Waals surface area contributed by atoms with Crippen molar-refractivity contribution in [1.82, 2.24) is 20.0 Å². The van der Waals surface area contributed by atoms with Gasteiger partial charge >= 0.3 is 0 Å². The van der Waals surface area contributed by atoms with Crippen molar-refractivity contribution < 1.29 is 9.53 Å². The molecule has 1 fully saturated rings. The second-order valence-corrected chi connectivity index (χ2v) is 8.20. The molecule has 4 atom stereocenters. The Bertz CT molecular complexity index is 669. The molecule has 0 radical (unpaired) electrons. The van der Waals surface area contributed by atoms with Crippen molar-refractivity contribution >= 4 is 5.91 Å². The fraction of sp³-hybridized carbons (Fsp3) is 0.714. The molecule has 6 heteroatoms. The van der Waals surface area contributed by atoms with Gasteiger partial charge in [-0.25, -0.2) is 0 Å². The Balaban J connectivity index is 1.66. The van der Waals surface area contributed by atoms with Crippen LogP contribution in [0.5, 0.6) is 0 Å². The first-order valence-electron chi connectivity index (χ1n) is 10.2. The zero-order valence-electron chi connectivity index (χ0n) is 17.1. The Labute approximate surface area is 162 Å². The quantitative estimate of drug-likeness (QED) is 0.711. The van der Waals surface area contributed by atoms with Gasteiger partial charge in [0.05, 0.1) is 18.8 Å². The lowest BCUT2D eigenvalue weighted by molar-refractivity contribution is -0.129. The highest BCUT2D eigenvalue weighted by atomic mass is 16.5. The van der Waals surface area contributed by atoms with Crippen LogP contribution in [0, 0.1) is 17.8 Å². The van der Waals surface area contributed by atoms with E-state index in [4.69, 9.17) is 4.74 Å². The van der Waals surface area contributed by atoms with Crippen LogP contribution >= 0.6 is 0 Å². The first kappa shape index (κ1) is 20.1. The first-order valence-corrected chi connectivity index (χ1v) is 10.2. The van der Waals surface area contributed by atoms with E-state index in [9.17, 15) is 4.79 Å². The van der Waals surface area contributed by atoms with Crippen molar-refractivity contribution in [2.24, 2.45) is 24.8 Å². The summed E-state index contributed by atoms with van der Waals surface area (Å²) in [5.41, 5.74) is 2.63. The van der Waals surface area contributed by atoms with E-state index in [1.807, 2.05) is 29.0 Å². The Kier molecular flexibility index (Phi) is 6.71. The van der Waals surface area contributed by atoms with E-state index in [2.05, 4.69) is 30.3 Å². The van der Waals surface area contributed by atoms with Gasteiger partial charge in [-0.05, 0) is 31.6 Å². The fourth-order valence-corrected chi connectivity index (χ4v) is 4.71. The van der Waals surface area contributed by atoms with Gasteiger partial charge in [-0.3, -0.25) is 9.48 Å². The largest absolute Gasteiger partial charge is 0.383 e. The molecule has 2 aliphatic rings. The lowest BCUT2D eigenvalue weighted by Gasteiger charge is -2.31. The molecule has 1 N–H and O–H groups in total. The van der Waals surface area contributed by atoms with Gasteiger partial charge in [0.15, 0.2) is 0 Å². The van der Waals surface area contributed by atoms with Crippen LogP contribution in [0.1, 0.15) is 44.7 Å². The fourth-order valence-electron chi connectivity index (χ4n) is 4.71. The number of nitrogens with one attached hydrogen (secondary N) is 1. The van der Waals surface area contributed by atoms with Crippen molar-refractivity contribution in [3.05, 3.63) is 29.6 Å². The Morgan fingerprint density at radius 1 is 1.37 bits per heavy atom. The minimum absolute atomic E-state index is 0.0780. The highest BCUT2D eigenvalue weighted by molar-refractivity contribution is 5.79. The summed E-state index contributed by atoms with van der Waals surface area (Å²) in [7, 11) is 3.60. The van der Waals surface area contributed by atoms with Crippen LogP contribution in [0.3, 0.4) is 0 Å². The van der Waals surface area contributed by atoms with E-state index in [0.717, 1.165) is 24.6 Å².